The van der Waals surface area contributed by atoms with Gasteiger partial charge in [0.25, 0.3) is 11.5 Å². The number of benzene rings is 1. The predicted octanol–water partition coefficient (Wildman–Crippen LogP) is 2.12. The van der Waals surface area contributed by atoms with Crippen molar-refractivity contribution < 1.29 is 9.59 Å². The zero-order valence-electron chi connectivity index (χ0n) is 15.4. The average molecular weight is 376 g/mol. The topological polar surface area (TPSA) is 93.1 Å². The van der Waals surface area contributed by atoms with Crippen molar-refractivity contribution in [1.29, 1.82) is 0 Å². The molecule has 0 spiro atoms. The van der Waals surface area contributed by atoms with Gasteiger partial charge in [0.05, 0.1) is 0 Å². The minimum atomic E-state index is -0.320. The van der Waals surface area contributed by atoms with E-state index in [-0.39, 0.29) is 23.9 Å². The van der Waals surface area contributed by atoms with E-state index in [0.29, 0.717) is 17.8 Å². The molecule has 2 N–H and O–H groups in total. The smallest absolute Gasteiger partial charge is 0.251 e. The Morgan fingerprint density at radius 1 is 1.11 bits per heavy atom. The van der Waals surface area contributed by atoms with Crippen molar-refractivity contribution in [3.8, 4) is 0 Å². The Morgan fingerprint density at radius 2 is 1.89 bits per heavy atom. The lowest BCUT2D eigenvalue weighted by Gasteiger charge is -2.09. The number of nitrogens with zero attached hydrogens (tertiary/aromatic N) is 2. The standard InChI is InChI=1S/C21H20N4O3/c1-15-8-10-25(20(27)11-15)14-19(26)24-18-6-4-17(5-7-18)21(28)23-13-16-3-2-9-22-12-16/h2-12H,13-14H2,1H3,(H,23,28)(H,24,26). The van der Waals surface area contributed by atoms with E-state index >= 15 is 0 Å². The first-order chi connectivity index (χ1) is 13.5. The van der Waals surface area contributed by atoms with Gasteiger partial charge in [0.15, 0.2) is 0 Å². The van der Waals surface area contributed by atoms with Crippen molar-refractivity contribution in [3.63, 3.8) is 0 Å². The fourth-order valence-corrected chi connectivity index (χ4v) is 2.58. The first-order valence-corrected chi connectivity index (χ1v) is 8.75. The summed E-state index contributed by atoms with van der Waals surface area (Å²) in [5, 5.41) is 5.53. The van der Waals surface area contributed by atoms with Crippen molar-refractivity contribution in [1.82, 2.24) is 14.9 Å². The van der Waals surface area contributed by atoms with E-state index in [2.05, 4.69) is 15.6 Å². The Labute approximate surface area is 162 Å². The van der Waals surface area contributed by atoms with E-state index < -0.39 is 0 Å². The number of pyridine rings is 2. The third-order valence-corrected chi connectivity index (χ3v) is 4.07. The van der Waals surface area contributed by atoms with Gasteiger partial charge in [0, 0.05) is 42.5 Å². The molecule has 3 rings (SSSR count). The summed E-state index contributed by atoms with van der Waals surface area (Å²) in [6.07, 6.45) is 4.96. The summed E-state index contributed by atoms with van der Waals surface area (Å²) in [4.78, 5) is 40.2. The summed E-state index contributed by atoms with van der Waals surface area (Å²) in [5.41, 5.74) is 2.56. The highest BCUT2D eigenvalue weighted by Crippen LogP contribution is 2.10. The number of hydrogen-bond acceptors (Lipinski definition) is 4. The van der Waals surface area contributed by atoms with Crippen LogP contribution in [0.2, 0.25) is 0 Å². The Hall–Kier alpha value is -3.74. The SMILES string of the molecule is Cc1ccn(CC(=O)Nc2ccc(C(=O)NCc3cccnc3)cc2)c(=O)c1. The molecule has 0 atom stereocenters. The molecule has 2 amide bonds. The van der Waals surface area contributed by atoms with E-state index in [0.717, 1.165) is 11.1 Å². The van der Waals surface area contributed by atoms with Crippen LogP contribution in [0.5, 0.6) is 0 Å². The molecule has 0 aliphatic rings. The number of carbonyl (C=O) groups is 2. The van der Waals surface area contributed by atoms with Crippen LogP contribution >= 0.6 is 0 Å². The van der Waals surface area contributed by atoms with Crippen LogP contribution in [-0.4, -0.2) is 21.4 Å². The number of rotatable bonds is 6. The highest BCUT2D eigenvalue weighted by atomic mass is 16.2. The molecule has 142 valence electrons. The van der Waals surface area contributed by atoms with Crippen LogP contribution in [0.25, 0.3) is 0 Å². The van der Waals surface area contributed by atoms with Crippen molar-refractivity contribution in [2.45, 2.75) is 20.0 Å². The molecule has 2 heterocycles. The summed E-state index contributed by atoms with van der Waals surface area (Å²) in [5.74, 6) is -0.535. The van der Waals surface area contributed by atoms with Crippen LogP contribution in [0.15, 0.2) is 71.9 Å². The van der Waals surface area contributed by atoms with Crippen LogP contribution in [-0.2, 0) is 17.9 Å². The molecular formula is C21H20N4O3. The number of aromatic nitrogens is 2. The third-order valence-electron chi connectivity index (χ3n) is 4.07. The van der Waals surface area contributed by atoms with Gasteiger partial charge in [-0.25, -0.2) is 0 Å². The molecule has 0 radical (unpaired) electrons. The summed E-state index contributed by atoms with van der Waals surface area (Å²) in [6.45, 7) is 2.13. The fraction of sp³-hybridized carbons (Fsp3) is 0.143. The molecule has 3 aromatic rings. The van der Waals surface area contributed by atoms with Gasteiger partial charge in [-0.3, -0.25) is 19.4 Å². The minimum Gasteiger partial charge on any atom is -0.348 e. The highest BCUT2D eigenvalue weighted by molar-refractivity contribution is 5.95. The molecule has 28 heavy (non-hydrogen) atoms. The molecule has 7 heteroatoms. The number of amides is 2. The quantitative estimate of drug-likeness (QED) is 0.689. The van der Waals surface area contributed by atoms with Gasteiger partial charge in [-0.2, -0.15) is 0 Å². The van der Waals surface area contributed by atoms with E-state index in [1.165, 1.54) is 10.6 Å². The van der Waals surface area contributed by atoms with Crippen LogP contribution < -0.4 is 16.2 Å². The van der Waals surface area contributed by atoms with Gasteiger partial charge in [-0.1, -0.05) is 6.07 Å². The molecule has 0 bridgehead atoms. The Morgan fingerprint density at radius 3 is 2.57 bits per heavy atom. The zero-order chi connectivity index (χ0) is 19.9. The number of aryl methyl sites for hydroxylation is 1. The second-order valence-corrected chi connectivity index (χ2v) is 6.34. The monoisotopic (exact) mass is 376 g/mol. The molecule has 2 aromatic heterocycles. The lowest BCUT2D eigenvalue weighted by atomic mass is 10.2. The lowest BCUT2D eigenvalue weighted by molar-refractivity contribution is -0.116. The van der Waals surface area contributed by atoms with Crippen LogP contribution in [0, 0.1) is 6.92 Å². The fourth-order valence-electron chi connectivity index (χ4n) is 2.58. The minimum absolute atomic E-state index is 0.0769. The summed E-state index contributed by atoms with van der Waals surface area (Å²) >= 11 is 0. The largest absolute Gasteiger partial charge is 0.348 e. The second-order valence-electron chi connectivity index (χ2n) is 6.34. The van der Waals surface area contributed by atoms with E-state index in [4.69, 9.17) is 0 Å². The van der Waals surface area contributed by atoms with Gasteiger partial charge in [-0.05, 0) is 54.4 Å². The van der Waals surface area contributed by atoms with E-state index in [1.807, 2.05) is 19.1 Å². The summed E-state index contributed by atoms with van der Waals surface area (Å²) in [7, 11) is 0. The molecule has 0 aliphatic carbocycles. The Kier molecular flexibility index (Phi) is 5.96. The van der Waals surface area contributed by atoms with E-state index in [1.54, 1.807) is 48.9 Å². The molecule has 0 saturated carbocycles. The van der Waals surface area contributed by atoms with Gasteiger partial charge >= 0.3 is 0 Å². The first kappa shape index (κ1) is 19.0. The number of carbonyl (C=O) groups excluding carboxylic acids is 2. The van der Waals surface area contributed by atoms with Crippen molar-refractivity contribution in [2.24, 2.45) is 0 Å². The van der Waals surface area contributed by atoms with Crippen molar-refractivity contribution >= 4 is 17.5 Å². The van der Waals surface area contributed by atoms with Crippen LogP contribution in [0.4, 0.5) is 5.69 Å². The van der Waals surface area contributed by atoms with Gasteiger partial charge in [0.2, 0.25) is 5.91 Å². The molecule has 1 aromatic carbocycles. The lowest BCUT2D eigenvalue weighted by Crippen LogP contribution is -2.27. The average Bonchev–Trinajstić information content (AvgIpc) is 2.69. The van der Waals surface area contributed by atoms with E-state index in [9.17, 15) is 14.4 Å². The number of nitrogens with one attached hydrogen (secondary N) is 2. The highest BCUT2D eigenvalue weighted by Gasteiger charge is 2.08. The van der Waals surface area contributed by atoms with Crippen LogP contribution in [0.3, 0.4) is 0 Å². The molecule has 0 fully saturated rings. The van der Waals surface area contributed by atoms with Crippen molar-refractivity contribution in [3.05, 3.63) is 94.2 Å². The molecule has 0 saturated heterocycles. The maximum Gasteiger partial charge on any atom is 0.251 e. The second kappa shape index (κ2) is 8.77. The molecule has 0 aliphatic heterocycles. The van der Waals surface area contributed by atoms with Crippen molar-refractivity contribution in [2.75, 3.05) is 5.32 Å². The summed E-state index contributed by atoms with van der Waals surface area (Å²) < 4.78 is 1.34. The first-order valence-electron chi connectivity index (χ1n) is 8.75. The van der Waals surface area contributed by atoms with Gasteiger partial charge in [0.1, 0.15) is 6.54 Å². The predicted molar refractivity (Wildman–Crippen MR) is 106 cm³/mol. The number of hydrogen-bond donors (Lipinski definition) is 2. The molecular weight excluding hydrogens is 356 g/mol. The number of anilines is 1. The van der Waals surface area contributed by atoms with Crippen LogP contribution in [0.1, 0.15) is 21.5 Å². The normalized spacial score (nSPS) is 10.3. The Bertz CT molecular complexity index is 1030. The van der Waals surface area contributed by atoms with Gasteiger partial charge < -0.3 is 15.2 Å². The van der Waals surface area contributed by atoms with Gasteiger partial charge in [-0.15, -0.1) is 0 Å². The maximum absolute atomic E-state index is 12.2. The Balaban J connectivity index is 1.55. The molecule has 7 nitrogen and oxygen atoms in total. The third kappa shape index (κ3) is 5.14. The zero-order valence-corrected chi connectivity index (χ0v) is 15.4. The summed E-state index contributed by atoms with van der Waals surface area (Å²) in [6, 6.07) is 13.5. The maximum atomic E-state index is 12.2. The molecule has 0 unspecified atom stereocenters.